The second kappa shape index (κ2) is 8.22. The van der Waals surface area contributed by atoms with Gasteiger partial charge in [-0.2, -0.15) is 0 Å². The van der Waals surface area contributed by atoms with E-state index in [1.54, 1.807) is 39.2 Å². The molecular formula is C19H22N2O5S. The molecule has 0 unspecified atom stereocenters. The number of sulfonamides is 1. The zero-order valence-electron chi connectivity index (χ0n) is 15.6. The molecule has 27 heavy (non-hydrogen) atoms. The molecule has 2 aromatic carbocycles. The number of nitrogens with zero attached hydrogens (tertiary/aromatic N) is 1. The maximum atomic E-state index is 12.6. The molecule has 0 atom stereocenters. The minimum atomic E-state index is -3.83. The van der Waals surface area contributed by atoms with Crippen molar-refractivity contribution in [3.63, 3.8) is 0 Å². The zero-order chi connectivity index (χ0) is 20.2. The Morgan fingerprint density at radius 3 is 2.41 bits per heavy atom. The summed E-state index contributed by atoms with van der Waals surface area (Å²) in [6.07, 6.45) is 0. The van der Waals surface area contributed by atoms with E-state index in [-0.39, 0.29) is 23.2 Å². The van der Waals surface area contributed by atoms with Crippen LogP contribution in [0.2, 0.25) is 0 Å². The molecule has 144 valence electrons. The molecule has 0 aliphatic heterocycles. The molecule has 1 N–H and O–H groups in total. The molecule has 0 aromatic heterocycles. The molecule has 0 fully saturated rings. The van der Waals surface area contributed by atoms with E-state index in [4.69, 9.17) is 4.74 Å². The summed E-state index contributed by atoms with van der Waals surface area (Å²) in [4.78, 5) is 24.5. The largest absolute Gasteiger partial charge is 0.483 e. The van der Waals surface area contributed by atoms with Gasteiger partial charge < -0.3 is 9.64 Å². The van der Waals surface area contributed by atoms with E-state index in [1.807, 2.05) is 0 Å². The third kappa shape index (κ3) is 5.30. The summed E-state index contributed by atoms with van der Waals surface area (Å²) >= 11 is 0. The molecule has 0 saturated carbocycles. The molecule has 7 nitrogen and oxygen atoms in total. The lowest BCUT2D eigenvalue weighted by molar-refractivity contribution is -0.130. The predicted octanol–water partition coefficient (Wildman–Crippen LogP) is 2.47. The summed E-state index contributed by atoms with van der Waals surface area (Å²) in [6.45, 7) is 2.98. The molecule has 8 heteroatoms. The fourth-order valence-corrected chi connectivity index (χ4v) is 3.37. The van der Waals surface area contributed by atoms with Gasteiger partial charge in [0.1, 0.15) is 5.75 Å². The Morgan fingerprint density at radius 1 is 1.11 bits per heavy atom. The highest BCUT2D eigenvalue weighted by Crippen LogP contribution is 2.24. The van der Waals surface area contributed by atoms with Crippen LogP contribution in [0.25, 0.3) is 0 Å². The number of anilines is 1. The number of aryl methyl sites for hydroxylation is 1. The molecule has 0 aliphatic carbocycles. The number of ketones is 1. The van der Waals surface area contributed by atoms with Gasteiger partial charge in [-0.25, -0.2) is 8.42 Å². The Labute approximate surface area is 159 Å². The van der Waals surface area contributed by atoms with Crippen LogP contribution in [0.3, 0.4) is 0 Å². The van der Waals surface area contributed by atoms with Crippen LogP contribution >= 0.6 is 0 Å². The summed E-state index contributed by atoms with van der Waals surface area (Å²) in [5, 5.41) is 0. The highest BCUT2D eigenvalue weighted by molar-refractivity contribution is 7.92. The average Bonchev–Trinajstić information content (AvgIpc) is 2.60. The first kappa shape index (κ1) is 20.4. The Kier molecular flexibility index (Phi) is 6.22. The lowest BCUT2D eigenvalue weighted by Crippen LogP contribution is -2.27. The molecular weight excluding hydrogens is 368 g/mol. The molecule has 2 aromatic rings. The predicted molar refractivity (Wildman–Crippen MR) is 103 cm³/mol. The van der Waals surface area contributed by atoms with E-state index < -0.39 is 10.0 Å². The van der Waals surface area contributed by atoms with Crippen molar-refractivity contribution in [2.75, 3.05) is 25.4 Å². The summed E-state index contributed by atoms with van der Waals surface area (Å²) in [6, 6.07) is 10.7. The van der Waals surface area contributed by atoms with Gasteiger partial charge in [0.05, 0.1) is 4.90 Å². The minimum absolute atomic E-state index is 0.0551. The van der Waals surface area contributed by atoms with Crippen molar-refractivity contribution in [1.82, 2.24) is 4.90 Å². The van der Waals surface area contributed by atoms with Gasteiger partial charge in [-0.1, -0.05) is 12.1 Å². The van der Waals surface area contributed by atoms with E-state index in [2.05, 4.69) is 4.72 Å². The summed E-state index contributed by atoms with van der Waals surface area (Å²) < 4.78 is 33.1. The number of nitrogens with one attached hydrogen (secondary N) is 1. The van der Waals surface area contributed by atoms with E-state index in [0.717, 1.165) is 0 Å². The minimum Gasteiger partial charge on any atom is -0.483 e. The topological polar surface area (TPSA) is 92.8 Å². The van der Waals surface area contributed by atoms with Crippen LogP contribution < -0.4 is 9.46 Å². The number of Topliss-reactive ketones (excluding diaryl/α,β-unsaturated/α-hetero) is 1. The summed E-state index contributed by atoms with van der Waals surface area (Å²) in [5.74, 6) is 0.0847. The van der Waals surface area contributed by atoms with Gasteiger partial charge in [0.25, 0.3) is 15.9 Å². The Morgan fingerprint density at radius 2 is 1.81 bits per heavy atom. The van der Waals surface area contributed by atoms with Gasteiger partial charge in [0.15, 0.2) is 12.4 Å². The highest BCUT2D eigenvalue weighted by atomic mass is 32.2. The number of likely N-dealkylation sites (N-methyl/N-ethyl adjacent to an activating group) is 1. The van der Waals surface area contributed by atoms with Crippen molar-refractivity contribution in [3.8, 4) is 5.75 Å². The number of carbonyl (C=O) groups is 2. The van der Waals surface area contributed by atoms with Crippen molar-refractivity contribution >= 4 is 27.4 Å². The van der Waals surface area contributed by atoms with Crippen LogP contribution in [0.15, 0.2) is 47.4 Å². The molecule has 0 spiro atoms. The second-order valence-corrected chi connectivity index (χ2v) is 7.93. The van der Waals surface area contributed by atoms with Crippen molar-refractivity contribution in [2.45, 2.75) is 18.7 Å². The number of amides is 1. The van der Waals surface area contributed by atoms with E-state index in [0.29, 0.717) is 22.6 Å². The van der Waals surface area contributed by atoms with Crippen molar-refractivity contribution in [3.05, 3.63) is 53.6 Å². The first-order valence-electron chi connectivity index (χ1n) is 8.17. The quantitative estimate of drug-likeness (QED) is 0.733. The lowest BCUT2D eigenvalue weighted by atomic mass is 10.1. The van der Waals surface area contributed by atoms with Crippen LogP contribution in [0, 0.1) is 6.92 Å². The van der Waals surface area contributed by atoms with Crippen molar-refractivity contribution < 1.29 is 22.7 Å². The van der Waals surface area contributed by atoms with Gasteiger partial charge in [0, 0.05) is 25.3 Å². The van der Waals surface area contributed by atoms with E-state index in [9.17, 15) is 18.0 Å². The molecule has 2 rings (SSSR count). The zero-order valence-corrected chi connectivity index (χ0v) is 16.5. The van der Waals surface area contributed by atoms with Crippen LogP contribution in [-0.2, 0) is 14.8 Å². The van der Waals surface area contributed by atoms with Crippen molar-refractivity contribution in [1.29, 1.82) is 0 Å². The second-order valence-electron chi connectivity index (χ2n) is 6.25. The maximum absolute atomic E-state index is 12.6. The number of carbonyl (C=O) groups excluding carboxylic acids is 2. The number of hydrogen-bond acceptors (Lipinski definition) is 5. The van der Waals surface area contributed by atoms with Crippen LogP contribution in [0.5, 0.6) is 5.75 Å². The number of hydrogen-bond donors (Lipinski definition) is 1. The van der Waals surface area contributed by atoms with Gasteiger partial charge in [0.2, 0.25) is 0 Å². The maximum Gasteiger partial charge on any atom is 0.261 e. The molecule has 0 bridgehead atoms. The molecule has 0 radical (unpaired) electrons. The number of benzene rings is 2. The lowest BCUT2D eigenvalue weighted by Gasteiger charge is -2.14. The Balaban J connectivity index is 2.19. The van der Waals surface area contributed by atoms with Gasteiger partial charge in [-0.15, -0.1) is 0 Å². The van der Waals surface area contributed by atoms with E-state index in [1.165, 1.54) is 36.1 Å². The van der Waals surface area contributed by atoms with Gasteiger partial charge in [-0.3, -0.25) is 14.3 Å². The number of ether oxygens (including phenoxy) is 1. The fraction of sp³-hybridized carbons (Fsp3) is 0.263. The molecule has 0 aliphatic rings. The molecule has 1 amide bonds. The summed E-state index contributed by atoms with van der Waals surface area (Å²) in [5.41, 5.74) is 1.31. The fourth-order valence-electron chi connectivity index (χ4n) is 2.24. The van der Waals surface area contributed by atoms with Gasteiger partial charge >= 0.3 is 0 Å². The summed E-state index contributed by atoms with van der Waals surface area (Å²) in [7, 11) is -0.580. The number of rotatable bonds is 7. The Bertz CT molecular complexity index is 968. The van der Waals surface area contributed by atoms with Crippen LogP contribution in [0.1, 0.15) is 22.8 Å². The third-order valence-corrected chi connectivity index (χ3v) is 5.21. The average molecular weight is 390 g/mol. The van der Waals surface area contributed by atoms with Crippen molar-refractivity contribution in [2.24, 2.45) is 0 Å². The third-order valence-electron chi connectivity index (χ3n) is 3.83. The van der Waals surface area contributed by atoms with E-state index >= 15 is 0 Å². The normalized spacial score (nSPS) is 11.0. The first-order chi connectivity index (χ1) is 12.6. The monoisotopic (exact) mass is 390 g/mol. The van der Waals surface area contributed by atoms with Crippen LogP contribution in [-0.4, -0.2) is 45.7 Å². The Hall–Kier alpha value is -2.87. The first-order valence-corrected chi connectivity index (χ1v) is 9.66. The smallest absolute Gasteiger partial charge is 0.261 e. The van der Waals surface area contributed by atoms with Crippen LogP contribution in [0.4, 0.5) is 5.69 Å². The highest BCUT2D eigenvalue weighted by Gasteiger charge is 2.17. The van der Waals surface area contributed by atoms with Gasteiger partial charge in [-0.05, 0) is 49.7 Å². The SMILES string of the molecule is CC(=O)c1cccc(NS(=O)(=O)c2ccc(OCC(=O)N(C)C)c(C)c2)c1. The molecule has 0 saturated heterocycles. The molecule has 0 heterocycles. The standard InChI is InChI=1S/C19H22N2O5S/c1-13-10-17(8-9-18(13)26-12-19(23)21(3)4)27(24,25)20-16-7-5-6-15(11-16)14(2)22/h5-11,20H,12H2,1-4H3.